The second kappa shape index (κ2) is 10.4. The molecule has 1 aromatic heterocycles. The molecule has 0 aliphatic carbocycles. The van der Waals surface area contributed by atoms with E-state index in [-0.39, 0.29) is 39.2 Å². The predicted octanol–water partition coefficient (Wildman–Crippen LogP) is 3.41. The first kappa shape index (κ1) is 23.3. The number of phenols is 1. The molecular formula is C20H18BrFN8O4. The van der Waals surface area contributed by atoms with E-state index >= 15 is 0 Å². The molecule has 0 atom stereocenters. The van der Waals surface area contributed by atoms with Gasteiger partial charge in [-0.3, -0.25) is 10.1 Å². The number of non-ortho nitro benzene ring substituents is 1. The monoisotopic (exact) mass is 532 g/mol. The van der Waals surface area contributed by atoms with Crippen molar-refractivity contribution in [1.82, 2.24) is 15.0 Å². The lowest BCUT2D eigenvalue weighted by Gasteiger charge is -2.27. The van der Waals surface area contributed by atoms with E-state index in [1.165, 1.54) is 30.5 Å². The molecular weight excluding hydrogens is 515 g/mol. The summed E-state index contributed by atoms with van der Waals surface area (Å²) in [4.78, 5) is 25.5. The second-order valence-electron chi connectivity index (χ2n) is 7.01. The van der Waals surface area contributed by atoms with Gasteiger partial charge < -0.3 is 20.1 Å². The van der Waals surface area contributed by atoms with E-state index in [0.29, 0.717) is 37.9 Å². The molecule has 2 heterocycles. The molecule has 3 N–H and O–H groups in total. The van der Waals surface area contributed by atoms with Crippen LogP contribution in [-0.4, -0.2) is 57.5 Å². The normalized spacial score (nSPS) is 13.8. The summed E-state index contributed by atoms with van der Waals surface area (Å²) in [5, 5.41) is 28.2. The van der Waals surface area contributed by atoms with Crippen LogP contribution in [0.25, 0.3) is 0 Å². The third-order valence-electron chi connectivity index (χ3n) is 4.67. The number of halogens is 2. The van der Waals surface area contributed by atoms with Crippen molar-refractivity contribution in [2.75, 3.05) is 41.9 Å². The maximum absolute atomic E-state index is 13.2. The van der Waals surface area contributed by atoms with Crippen molar-refractivity contribution in [3.05, 3.63) is 62.4 Å². The maximum atomic E-state index is 13.2. The Morgan fingerprint density at radius 3 is 2.59 bits per heavy atom. The second-order valence-corrected chi connectivity index (χ2v) is 7.86. The summed E-state index contributed by atoms with van der Waals surface area (Å²) in [6, 6.07) is 8.07. The number of rotatable bonds is 7. The molecule has 176 valence electrons. The first-order valence-corrected chi connectivity index (χ1v) is 10.8. The van der Waals surface area contributed by atoms with Crippen LogP contribution in [-0.2, 0) is 4.74 Å². The van der Waals surface area contributed by atoms with Gasteiger partial charge in [0, 0.05) is 36.5 Å². The maximum Gasteiger partial charge on any atom is 0.271 e. The van der Waals surface area contributed by atoms with E-state index in [2.05, 4.69) is 46.7 Å². The molecule has 4 rings (SSSR count). The quantitative estimate of drug-likeness (QED) is 0.234. The molecule has 1 aliphatic rings. The molecule has 0 unspecified atom stereocenters. The number of ether oxygens (including phenoxy) is 1. The van der Waals surface area contributed by atoms with Crippen molar-refractivity contribution in [2.45, 2.75) is 0 Å². The SMILES string of the molecule is O=[N+]([O-])c1cc(Br)c(O)c(/C=N\Nc2nc(Nc3ccc(F)cc3)nc(N3CCOCC3)n2)c1. The summed E-state index contributed by atoms with van der Waals surface area (Å²) in [6.07, 6.45) is 1.21. The molecule has 0 spiro atoms. The Labute approximate surface area is 200 Å². The summed E-state index contributed by atoms with van der Waals surface area (Å²) in [5.74, 6) is 0.0760. The number of hydrogen-bond donors (Lipinski definition) is 3. The van der Waals surface area contributed by atoms with Gasteiger partial charge in [-0.2, -0.15) is 20.1 Å². The van der Waals surface area contributed by atoms with E-state index in [1.807, 2.05) is 4.90 Å². The van der Waals surface area contributed by atoms with Gasteiger partial charge in [-0.1, -0.05) is 0 Å². The molecule has 34 heavy (non-hydrogen) atoms. The summed E-state index contributed by atoms with van der Waals surface area (Å²) < 4.78 is 18.8. The minimum atomic E-state index is -0.580. The van der Waals surface area contributed by atoms with Crippen LogP contribution in [0.4, 0.5) is 33.6 Å². The first-order chi connectivity index (χ1) is 16.4. The number of benzene rings is 2. The van der Waals surface area contributed by atoms with Crippen LogP contribution in [0.1, 0.15) is 5.56 Å². The number of hydrogen-bond acceptors (Lipinski definition) is 11. The number of anilines is 4. The number of aromatic hydroxyl groups is 1. The van der Waals surface area contributed by atoms with Crippen LogP contribution in [0.2, 0.25) is 0 Å². The molecule has 1 fully saturated rings. The fraction of sp³-hybridized carbons (Fsp3) is 0.200. The Kier molecular flexibility index (Phi) is 7.08. The van der Waals surface area contributed by atoms with Crippen molar-refractivity contribution >= 4 is 51.4 Å². The van der Waals surface area contributed by atoms with Crippen LogP contribution in [0.5, 0.6) is 5.75 Å². The van der Waals surface area contributed by atoms with E-state index in [0.717, 1.165) is 0 Å². The summed E-state index contributed by atoms with van der Waals surface area (Å²) in [5.41, 5.74) is 3.12. The topological polar surface area (TPSA) is 151 Å². The number of nitrogens with one attached hydrogen (secondary N) is 2. The van der Waals surface area contributed by atoms with Gasteiger partial charge in [0.2, 0.25) is 17.8 Å². The van der Waals surface area contributed by atoms with Gasteiger partial charge >= 0.3 is 0 Å². The highest BCUT2D eigenvalue weighted by molar-refractivity contribution is 9.10. The van der Waals surface area contributed by atoms with E-state index in [9.17, 15) is 19.6 Å². The Bertz CT molecular complexity index is 1220. The number of hydrazone groups is 1. The zero-order chi connectivity index (χ0) is 24.1. The first-order valence-electron chi connectivity index (χ1n) is 9.96. The minimum Gasteiger partial charge on any atom is -0.506 e. The molecule has 0 radical (unpaired) electrons. The van der Waals surface area contributed by atoms with Gasteiger partial charge in [0.1, 0.15) is 11.6 Å². The highest BCUT2D eigenvalue weighted by Crippen LogP contribution is 2.31. The molecule has 1 saturated heterocycles. The predicted molar refractivity (Wildman–Crippen MR) is 126 cm³/mol. The molecule has 0 bridgehead atoms. The van der Waals surface area contributed by atoms with E-state index < -0.39 is 4.92 Å². The van der Waals surface area contributed by atoms with Crippen molar-refractivity contribution in [3.8, 4) is 5.75 Å². The van der Waals surface area contributed by atoms with E-state index in [1.54, 1.807) is 12.1 Å². The molecule has 3 aromatic rings. The van der Waals surface area contributed by atoms with Crippen LogP contribution in [0, 0.1) is 15.9 Å². The highest BCUT2D eigenvalue weighted by atomic mass is 79.9. The Hall–Kier alpha value is -3.91. The molecule has 1 aliphatic heterocycles. The standard InChI is InChI=1S/C20H18BrFN8O4/c21-16-10-15(30(32)33)9-12(17(16)31)11-23-28-19-25-18(24-14-3-1-13(22)2-4-14)26-20(27-19)29-5-7-34-8-6-29/h1-4,9-11,31H,5-8H2,(H2,24,25,26,27,28)/b23-11-. The minimum absolute atomic E-state index is 0.0846. The van der Waals surface area contributed by atoms with Gasteiger partial charge in [0.05, 0.1) is 28.8 Å². The number of morpholine rings is 1. The van der Waals surface area contributed by atoms with Crippen LogP contribution >= 0.6 is 15.9 Å². The molecule has 0 amide bonds. The number of nitrogens with zero attached hydrogens (tertiary/aromatic N) is 6. The fourth-order valence-corrected chi connectivity index (χ4v) is 3.47. The number of nitro benzene ring substituents is 1. The smallest absolute Gasteiger partial charge is 0.271 e. The fourth-order valence-electron chi connectivity index (χ4n) is 3.01. The molecule has 2 aromatic carbocycles. The lowest BCUT2D eigenvalue weighted by molar-refractivity contribution is -0.385. The largest absolute Gasteiger partial charge is 0.506 e. The van der Waals surface area contributed by atoms with Gasteiger partial charge in [0.25, 0.3) is 5.69 Å². The van der Waals surface area contributed by atoms with E-state index in [4.69, 9.17) is 4.74 Å². The Morgan fingerprint density at radius 2 is 1.88 bits per heavy atom. The van der Waals surface area contributed by atoms with Crippen molar-refractivity contribution < 1.29 is 19.2 Å². The summed E-state index contributed by atoms with van der Waals surface area (Å²) >= 11 is 3.08. The number of phenolic OH excluding ortho intramolecular Hbond substituents is 1. The third kappa shape index (κ3) is 5.71. The zero-order valence-corrected chi connectivity index (χ0v) is 19.1. The molecule has 12 nitrogen and oxygen atoms in total. The number of aromatic nitrogens is 3. The highest BCUT2D eigenvalue weighted by Gasteiger charge is 2.17. The van der Waals surface area contributed by atoms with Crippen molar-refractivity contribution in [3.63, 3.8) is 0 Å². The van der Waals surface area contributed by atoms with Crippen molar-refractivity contribution in [1.29, 1.82) is 0 Å². The molecule has 0 saturated carbocycles. The van der Waals surface area contributed by atoms with Crippen LogP contribution < -0.4 is 15.6 Å². The lowest BCUT2D eigenvalue weighted by atomic mass is 10.2. The summed E-state index contributed by atoms with van der Waals surface area (Å²) in [6.45, 7) is 2.21. The van der Waals surface area contributed by atoms with Gasteiger partial charge in [-0.05, 0) is 40.2 Å². The average molecular weight is 533 g/mol. The summed E-state index contributed by atoms with van der Waals surface area (Å²) in [7, 11) is 0. The zero-order valence-electron chi connectivity index (χ0n) is 17.5. The lowest BCUT2D eigenvalue weighted by Crippen LogP contribution is -2.37. The van der Waals surface area contributed by atoms with Gasteiger partial charge in [0.15, 0.2) is 0 Å². The molecule has 14 heteroatoms. The Morgan fingerprint density at radius 1 is 1.18 bits per heavy atom. The average Bonchev–Trinajstić information content (AvgIpc) is 2.83. The van der Waals surface area contributed by atoms with Gasteiger partial charge in [-0.25, -0.2) is 9.82 Å². The van der Waals surface area contributed by atoms with Crippen molar-refractivity contribution in [2.24, 2.45) is 5.10 Å². The van der Waals surface area contributed by atoms with Crippen LogP contribution in [0.15, 0.2) is 46.0 Å². The van der Waals surface area contributed by atoms with Crippen LogP contribution in [0.3, 0.4) is 0 Å². The Balaban J connectivity index is 1.60. The van der Waals surface area contributed by atoms with Gasteiger partial charge in [-0.15, -0.1) is 0 Å². The third-order valence-corrected chi connectivity index (χ3v) is 5.28. The number of nitro groups is 1.